The van der Waals surface area contributed by atoms with E-state index in [2.05, 4.69) is 5.16 Å². The topological polar surface area (TPSA) is 80.8 Å². The average molecular weight is 467 g/mol. The van der Waals surface area contributed by atoms with Crippen LogP contribution < -0.4 is 4.90 Å². The third-order valence-corrected chi connectivity index (χ3v) is 5.88. The van der Waals surface area contributed by atoms with Crippen molar-refractivity contribution in [2.45, 2.75) is 20.8 Å². The Morgan fingerprint density at radius 2 is 1.85 bits per heavy atom. The van der Waals surface area contributed by atoms with Crippen LogP contribution in [0.1, 0.15) is 22.7 Å². The van der Waals surface area contributed by atoms with E-state index < -0.39 is 5.97 Å². The third kappa shape index (κ3) is 5.03. The second kappa shape index (κ2) is 9.94. The molecule has 1 amide bonds. The van der Waals surface area contributed by atoms with Gasteiger partial charge in [-0.25, -0.2) is 9.18 Å². The van der Waals surface area contributed by atoms with Crippen molar-refractivity contribution in [1.29, 1.82) is 0 Å². The van der Waals surface area contributed by atoms with Crippen LogP contribution in [0, 0.1) is 26.6 Å². The molecular formula is C25H27FN4O4. The largest absolute Gasteiger partial charge is 0.452 e. The van der Waals surface area contributed by atoms with Crippen molar-refractivity contribution >= 4 is 23.6 Å². The van der Waals surface area contributed by atoms with Gasteiger partial charge in [-0.2, -0.15) is 0 Å². The Hall–Kier alpha value is -3.88. The number of aromatic nitrogens is 2. The summed E-state index contributed by atoms with van der Waals surface area (Å²) in [5.74, 6) is 0.242. The number of hydrogen-bond donors (Lipinski definition) is 0. The Balaban J connectivity index is 1.28. The Bertz CT molecular complexity index is 1220. The number of rotatable bonds is 6. The van der Waals surface area contributed by atoms with Gasteiger partial charge in [0.25, 0.3) is 5.91 Å². The van der Waals surface area contributed by atoms with Gasteiger partial charge in [-0.3, -0.25) is 9.36 Å². The highest BCUT2D eigenvalue weighted by Gasteiger charge is 2.23. The number of esters is 1. The number of anilines is 1. The molecule has 8 nitrogen and oxygen atoms in total. The van der Waals surface area contributed by atoms with Crippen LogP contribution in [0.25, 0.3) is 11.9 Å². The molecule has 0 aliphatic carbocycles. The minimum absolute atomic E-state index is 0.269. The fourth-order valence-corrected chi connectivity index (χ4v) is 4.10. The van der Waals surface area contributed by atoms with Crippen LogP contribution in [-0.2, 0) is 14.3 Å². The van der Waals surface area contributed by atoms with Gasteiger partial charge in [0.05, 0.1) is 5.69 Å². The Morgan fingerprint density at radius 3 is 2.53 bits per heavy atom. The highest BCUT2D eigenvalue weighted by Crippen LogP contribution is 2.22. The van der Waals surface area contributed by atoms with Crippen LogP contribution in [0.2, 0.25) is 0 Å². The van der Waals surface area contributed by atoms with Gasteiger partial charge in [0.15, 0.2) is 12.4 Å². The zero-order valence-corrected chi connectivity index (χ0v) is 19.5. The maximum Gasteiger partial charge on any atom is 0.331 e. The highest BCUT2D eigenvalue weighted by atomic mass is 19.1. The molecule has 9 heteroatoms. The van der Waals surface area contributed by atoms with Crippen molar-refractivity contribution in [2.24, 2.45) is 0 Å². The van der Waals surface area contributed by atoms with E-state index >= 15 is 0 Å². The number of amides is 1. The van der Waals surface area contributed by atoms with Crippen LogP contribution in [0.3, 0.4) is 0 Å². The molecule has 3 aromatic rings. The van der Waals surface area contributed by atoms with Gasteiger partial charge in [-0.1, -0.05) is 17.3 Å². The second-order valence-corrected chi connectivity index (χ2v) is 8.22. The van der Waals surface area contributed by atoms with E-state index in [0.29, 0.717) is 43.4 Å². The zero-order valence-electron chi connectivity index (χ0n) is 19.5. The molecule has 1 aromatic carbocycles. The van der Waals surface area contributed by atoms with E-state index in [9.17, 15) is 14.0 Å². The lowest BCUT2D eigenvalue weighted by Gasteiger charge is -2.36. The molecule has 1 saturated heterocycles. The van der Waals surface area contributed by atoms with Crippen molar-refractivity contribution < 1.29 is 23.2 Å². The van der Waals surface area contributed by atoms with Crippen molar-refractivity contribution in [3.63, 3.8) is 0 Å². The highest BCUT2D eigenvalue weighted by molar-refractivity contribution is 5.89. The normalized spacial score (nSPS) is 14.1. The molecule has 0 spiro atoms. The van der Waals surface area contributed by atoms with E-state index in [1.165, 1.54) is 12.1 Å². The maximum atomic E-state index is 14.0. The van der Waals surface area contributed by atoms with E-state index in [1.807, 2.05) is 42.4 Å². The summed E-state index contributed by atoms with van der Waals surface area (Å²) in [7, 11) is 0. The van der Waals surface area contributed by atoms with Crippen molar-refractivity contribution in [3.05, 3.63) is 71.0 Å². The second-order valence-electron chi connectivity index (χ2n) is 8.22. The summed E-state index contributed by atoms with van der Waals surface area (Å²) in [5.41, 5.74) is 3.22. The number of benzene rings is 1. The van der Waals surface area contributed by atoms with Gasteiger partial charge < -0.3 is 19.1 Å². The minimum atomic E-state index is -0.597. The molecule has 0 saturated carbocycles. The summed E-state index contributed by atoms with van der Waals surface area (Å²) < 4.78 is 26.2. The molecular weight excluding hydrogens is 439 g/mol. The molecule has 4 rings (SSSR count). The molecule has 34 heavy (non-hydrogen) atoms. The summed E-state index contributed by atoms with van der Waals surface area (Å²) in [4.78, 5) is 28.2. The summed E-state index contributed by atoms with van der Waals surface area (Å²) in [6, 6.07) is 10.4. The molecule has 3 heterocycles. The van der Waals surface area contributed by atoms with Crippen molar-refractivity contribution in [3.8, 4) is 5.82 Å². The van der Waals surface area contributed by atoms with Crippen molar-refractivity contribution in [1.82, 2.24) is 14.6 Å². The number of piperazine rings is 1. The number of halogens is 1. The van der Waals surface area contributed by atoms with E-state index in [1.54, 1.807) is 29.2 Å². The first-order valence-electron chi connectivity index (χ1n) is 11.1. The number of carbonyl (C=O) groups excluding carboxylic acids is 2. The molecule has 0 N–H and O–H groups in total. The number of para-hydroxylation sites is 1. The van der Waals surface area contributed by atoms with E-state index in [0.717, 1.165) is 17.0 Å². The lowest BCUT2D eigenvalue weighted by atomic mass is 10.2. The molecule has 178 valence electrons. The predicted octanol–water partition coefficient (Wildman–Crippen LogP) is 3.43. The molecule has 0 atom stereocenters. The fourth-order valence-electron chi connectivity index (χ4n) is 4.10. The lowest BCUT2D eigenvalue weighted by Crippen LogP contribution is -2.50. The first-order chi connectivity index (χ1) is 16.3. The molecule has 1 aliphatic heterocycles. The number of aryl methyl sites for hydroxylation is 2. The number of ether oxygens (including phenoxy) is 1. The number of hydrogen-bond acceptors (Lipinski definition) is 6. The van der Waals surface area contributed by atoms with E-state index in [-0.39, 0.29) is 18.3 Å². The SMILES string of the molecule is Cc1cc(-n2c(C)cc(/C=C/C(=O)OCC(=O)N3CCN(c4ccccc4F)CC3)c2C)no1. The molecule has 1 aliphatic rings. The monoisotopic (exact) mass is 466 g/mol. The zero-order chi connectivity index (χ0) is 24.2. The molecule has 2 aromatic heterocycles. The first-order valence-corrected chi connectivity index (χ1v) is 11.1. The van der Waals surface area contributed by atoms with Gasteiger partial charge in [-0.05, 0) is 50.6 Å². The molecule has 1 fully saturated rings. The number of nitrogens with zero attached hydrogens (tertiary/aromatic N) is 4. The van der Waals surface area contributed by atoms with Gasteiger partial charge in [0.1, 0.15) is 11.6 Å². The Labute approximate surface area is 197 Å². The van der Waals surface area contributed by atoms with Crippen LogP contribution in [0.5, 0.6) is 0 Å². The minimum Gasteiger partial charge on any atom is -0.452 e. The summed E-state index contributed by atoms with van der Waals surface area (Å²) in [5, 5.41) is 4.04. The first kappa shape index (κ1) is 23.3. The van der Waals surface area contributed by atoms with Gasteiger partial charge in [0, 0.05) is 49.7 Å². The van der Waals surface area contributed by atoms with Crippen LogP contribution in [-0.4, -0.2) is 59.3 Å². The summed E-state index contributed by atoms with van der Waals surface area (Å²) in [6.45, 7) is 7.26. The predicted molar refractivity (Wildman–Crippen MR) is 125 cm³/mol. The Kier molecular flexibility index (Phi) is 6.81. The number of carbonyl (C=O) groups is 2. The maximum absolute atomic E-state index is 14.0. The smallest absolute Gasteiger partial charge is 0.331 e. The average Bonchev–Trinajstić information content (AvgIpc) is 3.37. The lowest BCUT2D eigenvalue weighted by molar-refractivity contribution is -0.148. The van der Waals surface area contributed by atoms with Gasteiger partial charge in [-0.15, -0.1) is 0 Å². The molecule has 0 unspecified atom stereocenters. The summed E-state index contributed by atoms with van der Waals surface area (Å²) >= 11 is 0. The van der Waals surface area contributed by atoms with Crippen LogP contribution in [0.15, 0.2) is 47.0 Å². The van der Waals surface area contributed by atoms with E-state index in [4.69, 9.17) is 9.26 Å². The summed E-state index contributed by atoms with van der Waals surface area (Å²) in [6.07, 6.45) is 2.97. The van der Waals surface area contributed by atoms with Crippen LogP contribution >= 0.6 is 0 Å². The third-order valence-electron chi connectivity index (χ3n) is 5.88. The van der Waals surface area contributed by atoms with Gasteiger partial charge in [0.2, 0.25) is 0 Å². The molecule has 0 radical (unpaired) electrons. The van der Waals surface area contributed by atoms with Crippen LogP contribution in [0.4, 0.5) is 10.1 Å². The van der Waals surface area contributed by atoms with Crippen molar-refractivity contribution in [2.75, 3.05) is 37.7 Å². The molecule has 0 bridgehead atoms. The standard InChI is InChI=1S/C25H27FN4O4/c1-17-14-20(19(3)30(17)23-15-18(2)34-27-23)8-9-25(32)33-16-24(31)29-12-10-28(11-13-29)22-7-5-4-6-21(22)26/h4-9,14-15H,10-13,16H2,1-3H3/b9-8+. The Morgan fingerprint density at radius 1 is 1.12 bits per heavy atom. The van der Waals surface area contributed by atoms with Gasteiger partial charge >= 0.3 is 5.97 Å². The fraction of sp³-hybridized carbons (Fsp3) is 0.320. The quantitative estimate of drug-likeness (QED) is 0.409.